The third-order valence-corrected chi connectivity index (χ3v) is 8.65. The molecule has 50 heavy (non-hydrogen) atoms. The second kappa shape index (κ2) is 18.5. The highest BCUT2D eigenvalue weighted by molar-refractivity contribution is 5.92. The summed E-state index contributed by atoms with van der Waals surface area (Å²) in [5, 5.41) is 31.4. The van der Waals surface area contributed by atoms with E-state index in [9.17, 15) is 24.9 Å². The molecule has 1 saturated heterocycles. The number of carboxylic acids is 2. The van der Waals surface area contributed by atoms with Gasteiger partial charge in [0.15, 0.2) is 11.7 Å². The number of rotatable bonds is 19. The van der Waals surface area contributed by atoms with Crippen LogP contribution in [0.3, 0.4) is 0 Å². The van der Waals surface area contributed by atoms with Gasteiger partial charge in [0.2, 0.25) is 0 Å². The fourth-order valence-electron chi connectivity index (χ4n) is 6.05. The zero-order valence-electron chi connectivity index (χ0n) is 27.8. The molecule has 1 aliphatic rings. The molecular formula is C40H44O10. The number of hydrogen-bond donors (Lipinski definition) is 3. The minimum Gasteiger partial charge on any atom is -0.481 e. The normalized spacial score (nSPS) is 22.0. The second-order valence-electron chi connectivity index (χ2n) is 12.4. The van der Waals surface area contributed by atoms with Crippen molar-refractivity contribution in [1.29, 1.82) is 0 Å². The summed E-state index contributed by atoms with van der Waals surface area (Å²) in [7, 11) is 0. The molecule has 0 aromatic heterocycles. The Hall–Kier alpha value is -4.42. The molecule has 264 valence electrons. The predicted octanol–water partition coefficient (Wildman–Crippen LogP) is 6.00. The molecule has 0 spiro atoms. The molecule has 0 radical (unpaired) electrons. The van der Waals surface area contributed by atoms with Crippen LogP contribution in [0.15, 0.2) is 121 Å². The van der Waals surface area contributed by atoms with Crippen LogP contribution in [0.1, 0.15) is 41.5 Å². The van der Waals surface area contributed by atoms with E-state index < -0.39 is 48.1 Å². The Morgan fingerprint density at radius 2 is 1.04 bits per heavy atom. The van der Waals surface area contributed by atoms with Crippen LogP contribution in [0.2, 0.25) is 0 Å². The van der Waals surface area contributed by atoms with Crippen molar-refractivity contribution < 1.29 is 48.6 Å². The van der Waals surface area contributed by atoms with E-state index in [1.807, 2.05) is 121 Å². The third kappa shape index (κ3) is 10.5. The number of hydrogen-bond acceptors (Lipinski definition) is 8. The molecule has 3 N–H and O–H groups in total. The molecule has 1 fully saturated rings. The smallest absolute Gasteiger partial charge is 0.317 e. The van der Waals surface area contributed by atoms with Crippen molar-refractivity contribution in [3.05, 3.63) is 144 Å². The molecule has 4 aromatic rings. The Labute approximate surface area is 292 Å². The first kappa shape index (κ1) is 36.9. The van der Waals surface area contributed by atoms with Crippen molar-refractivity contribution in [2.24, 2.45) is 5.92 Å². The van der Waals surface area contributed by atoms with E-state index in [0.29, 0.717) is 0 Å². The SMILES string of the molecule is O=C(O)C(CCCC1(O)O[C@H](COCc2ccccc2)[C@@H](OCc2ccccc2)[C@H](OCc2ccccc2)[C@@H]1OCc1ccccc1)C(=O)O. The van der Waals surface area contributed by atoms with Crippen molar-refractivity contribution in [2.45, 2.75) is 75.9 Å². The van der Waals surface area contributed by atoms with Crippen LogP contribution >= 0.6 is 0 Å². The molecule has 0 aliphatic carbocycles. The van der Waals surface area contributed by atoms with E-state index in [2.05, 4.69) is 0 Å². The highest BCUT2D eigenvalue weighted by Crippen LogP contribution is 2.39. The summed E-state index contributed by atoms with van der Waals surface area (Å²) in [6, 6.07) is 38.4. The second-order valence-corrected chi connectivity index (χ2v) is 12.4. The minimum absolute atomic E-state index is 0.0174. The lowest BCUT2D eigenvalue weighted by atomic mass is 9.87. The van der Waals surface area contributed by atoms with Crippen LogP contribution in [-0.2, 0) is 59.7 Å². The van der Waals surface area contributed by atoms with Gasteiger partial charge in [0.25, 0.3) is 0 Å². The fraction of sp³-hybridized carbons (Fsp3) is 0.350. The Balaban J connectivity index is 1.48. The first-order valence-corrected chi connectivity index (χ1v) is 16.8. The van der Waals surface area contributed by atoms with Crippen molar-refractivity contribution in [1.82, 2.24) is 0 Å². The fourth-order valence-corrected chi connectivity index (χ4v) is 6.05. The monoisotopic (exact) mass is 684 g/mol. The van der Waals surface area contributed by atoms with E-state index in [1.54, 1.807) is 0 Å². The molecule has 5 rings (SSSR count). The third-order valence-electron chi connectivity index (χ3n) is 8.65. The summed E-state index contributed by atoms with van der Waals surface area (Å²) in [6.45, 7) is 0.816. The van der Waals surface area contributed by atoms with Gasteiger partial charge in [0.1, 0.15) is 24.4 Å². The summed E-state index contributed by atoms with van der Waals surface area (Å²) >= 11 is 0. The summed E-state index contributed by atoms with van der Waals surface area (Å²) in [6.07, 6.45) is -3.97. The van der Waals surface area contributed by atoms with Gasteiger partial charge in [-0.05, 0) is 35.1 Å². The first-order valence-electron chi connectivity index (χ1n) is 16.8. The predicted molar refractivity (Wildman–Crippen MR) is 184 cm³/mol. The molecule has 1 unspecified atom stereocenters. The Kier molecular flexibility index (Phi) is 13.7. The highest BCUT2D eigenvalue weighted by Gasteiger charge is 2.56. The number of carboxylic acid groups (broad SMARTS) is 2. The maximum atomic E-state index is 12.4. The molecule has 1 heterocycles. The summed E-state index contributed by atoms with van der Waals surface area (Å²) < 4.78 is 32.4. The van der Waals surface area contributed by atoms with E-state index in [0.717, 1.165) is 22.3 Å². The van der Waals surface area contributed by atoms with E-state index in [1.165, 1.54) is 0 Å². The van der Waals surface area contributed by atoms with Gasteiger partial charge < -0.3 is 39.0 Å². The molecule has 5 atom stereocenters. The number of ether oxygens (including phenoxy) is 5. The van der Waals surface area contributed by atoms with Crippen LogP contribution in [0, 0.1) is 5.92 Å². The maximum absolute atomic E-state index is 12.4. The summed E-state index contributed by atoms with van der Waals surface area (Å²) in [4.78, 5) is 23.3. The first-order chi connectivity index (χ1) is 24.3. The van der Waals surface area contributed by atoms with Crippen LogP contribution in [-0.4, -0.2) is 64.1 Å². The largest absolute Gasteiger partial charge is 0.481 e. The summed E-state index contributed by atoms with van der Waals surface area (Å²) in [5.74, 6) is -6.55. The zero-order chi connectivity index (χ0) is 35.2. The number of carbonyl (C=O) groups is 2. The topological polar surface area (TPSA) is 141 Å². The number of aliphatic hydroxyl groups is 1. The molecule has 0 amide bonds. The summed E-state index contributed by atoms with van der Waals surface area (Å²) in [5.41, 5.74) is 3.63. The molecular weight excluding hydrogens is 640 g/mol. The molecule has 10 heteroatoms. The van der Waals surface area contributed by atoms with E-state index in [4.69, 9.17) is 23.7 Å². The van der Waals surface area contributed by atoms with Gasteiger partial charge in [-0.2, -0.15) is 0 Å². The van der Waals surface area contributed by atoms with Crippen molar-refractivity contribution in [3.63, 3.8) is 0 Å². The Bertz CT molecular complexity index is 1570. The zero-order valence-corrected chi connectivity index (χ0v) is 27.8. The molecule has 0 bridgehead atoms. The van der Waals surface area contributed by atoms with Gasteiger partial charge in [-0.3, -0.25) is 9.59 Å². The van der Waals surface area contributed by atoms with Crippen LogP contribution < -0.4 is 0 Å². The quantitative estimate of drug-likeness (QED) is 0.101. The maximum Gasteiger partial charge on any atom is 0.317 e. The van der Waals surface area contributed by atoms with Crippen LogP contribution in [0.25, 0.3) is 0 Å². The average Bonchev–Trinajstić information content (AvgIpc) is 3.13. The van der Waals surface area contributed by atoms with Gasteiger partial charge in [-0.1, -0.05) is 121 Å². The number of aliphatic carboxylic acids is 2. The van der Waals surface area contributed by atoms with Crippen molar-refractivity contribution in [2.75, 3.05) is 6.61 Å². The van der Waals surface area contributed by atoms with Crippen LogP contribution in [0.5, 0.6) is 0 Å². The van der Waals surface area contributed by atoms with Crippen LogP contribution in [0.4, 0.5) is 0 Å². The molecule has 0 saturated carbocycles. The van der Waals surface area contributed by atoms with Gasteiger partial charge in [0, 0.05) is 6.42 Å². The van der Waals surface area contributed by atoms with E-state index >= 15 is 0 Å². The van der Waals surface area contributed by atoms with Gasteiger partial charge >= 0.3 is 11.9 Å². The van der Waals surface area contributed by atoms with Gasteiger partial charge in [0.05, 0.1) is 33.0 Å². The average molecular weight is 685 g/mol. The van der Waals surface area contributed by atoms with Crippen molar-refractivity contribution >= 4 is 11.9 Å². The Morgan fingerprint density at radius 3 is 1.50 bits per heavy atom. The van der Waals surface area contributed by atoms with E-state index in [-0.39, 0.29) is 52.3 Å². The lowest BCUT2D eigenvalue weighted by Gasteiger charge is -2.50. The van der Waals surface area contributed by atoms with Gasteiger partial charge in [-0.25, -0.2) is 0 Å². The minimum atomic E-state index is -2.02. The Morgan fingerprint density at radius 1 is 0.620 bits per heavy atom. The lowest BCUT2D eigenvalue weighted by molar-refractivity contribution is -0.372. The highest BCUT2D eigenvalue weighted by atomic mass is 16.7. The van der Waals surface area contributed by atoms with Gasteiger partial charge in [-0.15, -0.1) is 0 Å². The lowest BCUT2D eigenvalue weighted by Crippen LogP contribution is -2.67. The molecule has 4 aromatic carbocycles. The van der Waals surface area contributed by atoms with Crippen molar-refractivity contribution in [3.8, 4) is 0 Å². The molecule has 1 aliphatic heterocycles. The number of benzene rings is 4. The standard InChI is InChI=1S/C40H44O10/c41-38(42)33(39(43)44)22-13-23-40(45)37(49-27-32-20-11-4-12-21-32)36(48-26-31-18-9-3-10-19-31)35(47-25-30-16-7-2-8-17-30)34(50-40)28-46-24-29-14-5-1-6-15-29/h1-12,14-21,33-37,45H,13,22-28H2,(H,41,42)(H,43,44)/t34-,35-,36+,37+,40?/m1/s1. The molecule has 10 nitrogen and oxygen atoms in total.